The van der Waals surface area contributed by atoms with Crippen molar-refractivity contribution in [3.63, 3.8) is 0 Å². The molecule has 0 fully saturated rings. The molecule has 0 saturated heterocycles. The first-order chi connectivity index (χ1) is 11.0. The Morgan fingerprint density at radius 3 is 1.54 bits per heavy atom. The molecule has 0 bridgehead atoms. The van der Waals surface area contributed by atoms with Crippen LogP contribution in [0.4, 0.5) is 22.0 Å². The lowest BCUT2D eigenvalue weighted by molar-refractivity contribution is -0.328. The maximum atomic E-state index is 15.1. The van der Waals surface area contributed by atoms with Crippen LogP contribution < -0.4 is 0 Å². The van der Waals surface area contributed by atoms with Crippen molar-refractivity contribution >= 4 is 5.97 Å². The molecule has 0 saturated carbocycles. The fraction of sp³-hybridized carbons (Fsp3) is 0.842. The van der Waals surface area contributed by atoms with Crippen LogP contribution in [0.5, 0.6) is 0 Å². The third-order valence-electron chi connectivity index (χ3n) is 5.56. The third kappa shape index (κ3) is 4.39. The van der Waals surface area contributed by atoms with E-state index in [1.165, 1.54) is 20.8 Å². The Labute approximate surface area is 153 Å². The molecule has 0 aromatic rings. The van der Waals surface area contributed by atoms with E-state index in [0.29, 0.717) is 13.8 Å². The van der Waals surface area contributed by atoms with Gasteiger partial charge in [0.2, 0.25) is 0 Å². The van der Waals surface area contributed by atoms with Crippen LogP contribution in [0.3, 0.4) is 0 Å². The number of carbonyl (C=O) groups is 1. The van der Waals surface area contributed by atoms with Crippen LogP contribution in [0.2, 0.25) is 0 Å². The van der Waals surface area contributed by atoms with Crippen LogP contribution in [-0.2, 0) is 9.53 Å². The van der Waals surface area contributed by atoms with E-state index in [4.69, 9.17) is 4.74 Å². The monoisotopic (exact) mass is 386 g/mol. The summed E-state index contributed by atoms with van der Waals surface area (Å²) in [5, 5.41) is 0. The smallest absolute Gasteiger partial charge is 0.399 e. The fourth-order valence-corrected chi connectivity index (χ4v) is 3.04. The Bertz CT molecular complexity index is 555. The van der Waals surface area contributed by atoms with Crippen molar-refractivity contribution in [2.45, 2.75) is 86.4 Å². The van der Waals surface area contributed by atoms with Crippen molar-refractivity contribution in [2.75, 3.05) is 0 Å². The summed E-state index contributed by atoms with van der Waals surface area (Å²) < 4.78 is 75.3. The van der Waals surface area contributed by atoms with Crippen molar-refractivity contribution in [1.29, 1.82) is 0 Å². The molecule has 0 atom stereocenters. The molecule has 26 heavy (non-hydrogen) atoms. The van der Waals surface area contributed by atoms with Gasteiger partial charge in [-0.2, -0.15) is 13.2 Å². The van der Waals surface area contributed by atoms with Crippen LogP contribution in [0, 0.1) is 16.2 Å². The van der Waals surface area contributed by atoms with E-state index >= 15 is 8.78 Å². The molecule has 2 nitrogen and oxygen atoms in total. The van der Waals surface area contributed by atoms with E-state index in [1.807, 2.05) is 0 Å². The number of hydrogen-bond acceptors (Lipinski definition) is 2. The third-order valence-corrected chi connectivity index (χ3v) is 5.56. The Hall–Kier alpha value is -1.14. The molecule has 0 spiro atoms. The zero-order valence-corrected chi connectivity index (χ0v) is 17.1. The van der Waals surface area contributed by atoms with E-state index in [-0.39, 0.29) is 12.0 Å². The Balaban J connectivity index is 5.89. The molecule has 0 aromatic carbocycles. The predicted molar refractivity (Wildman–Crippen MR) is 91.9 cm³/mol. The van der Waals surface area contributed by atoms with Crippen molar-refractivity contribution in [1.82, 2.24) is 0 Å². The highest BCUT2D eigenvalue weighted by molar-refractivity contribution is 5.87. The molecule has 0 aliphatic carbocycles. The second-order valence-electron chi connectivity index (χ2n) is 9.31. The molecule has 0 heterocycles. The largest absolute Gasteiger partial charge is 0.456 e. The topological polar surface area (TPSA) is 26.3 Å². The van der Waals surface area contributed by atoms with Gasteiger partial charge in [0.25, 0.3) is 5.92 Å². The Kier molecular flexibility index (Phi) is 6.49. The zero-order valence-electron chi connectivity index (χ0n) is 17.1. The minimum atomic E-state index is -5.08. The summed E-state index contributed by atoms with van der Waals surface area (Å²) in [6.07, 6.45) is -5.14. The molecule has 7 heteroatoms. The standard InChI is InChI=1S/C19H31F5O2/c1-12(2)13(25)26-15(5,6)11-14(3,4)16(7,8)18(20,21)17(9,10)19(22,23)24/h1,11H2,2-10H3. The molecule has 154 valence electrons. The van der Waals surface area contributed by atoms with Gasteiger partial charge < -0.3 is 4.74 Å². The van der Waals surface area contributed by atoms with Gasteiger partial charge in [-0.15, -0.1) is 0 Å². The van der Waals surface area contributed by atoms with Gasteiger partial charge >= 0.3 is 12.1 Å². The number of ether oxygens (including phenoxy) is 1. The number of hydrogen-bond donors (Lipinski definition) is 0. The number of esters is 1. The second kappa shape index (κ2) is 6.79. The molecule has 0 aromatic heterocycles. The van der Waals surface area contributed by atoms with Gasteiger partial charge in [0.05, 0.1) is 0 Å². The van der Waals surface area contributed by atoms with Crippen LogP contribution in [-0.4, -0.2) is 23.7 Å². The van der Waals surface area contributed by atoms with E-state index in [9.17, 15) is 18.0 Å². The van der Waals surface area contributed by atoms with E-state index in [0.717, 1.165) is 13.8 Å². The first-order valence-electron chi connectivity index (χ1n) is 8.37. The fourth-order valence-electron chi connectivity index (χ4n) is 3.04. The van der Waals surface area contributed by atoms with Gasteiger partial charge in [-0.25, -0.2) is 13.6 Å². The SMILES string of the molecule is C=C(C)C(=O)OC(C)(C)CC(C)(C)C(C)(C)C(F)(F)C(C)(C)C(F)(F)F. The van der Waals surface area contributed by atoms with Gasteiger partial charge in [0, 0.05) is 11.0 Å². The minimum absolute atomic E-state index is 0.0600. The minimum Gasteiger partial charge on any atom is -0.456 e. The summed E-state index contributed by atoms with van der Waals surface area (Å²) in [4.78, 5) is 11.8. The Morgan fingerprint density at radius 2 is 1.23 bits per heavy atom. The molecular weight excluding hydrogens is 355 g/mol. The van der Waals surface area contributed by atoms with Crippen LogP contribution in [0.15, 0.2) is 12.2 Å². The molecule has 0 unspecified atom stereocenters. The lowest BCUT2D eigenvalue weighted by Crippen LogP contribution is -2.60. The first-order valence-corrected chi connectivity index (χ1v) is 8.37. The van der Waals surface area contributed by atoms with Crippen LogP contribution >= 0.6 is 0 Å². The van der Waals surface area contributed by atoms with E-state index in [2.05, 4.69) is 6.58 Å². The molecule has 0 aliphatic rings. The summed E-state index contributed by atoms with van der Waals surface area (Å²) >= 11 is 0. The highest BCUT2D eigenvalue weighted by Crippen LogP contribution is 2.62. The molecule has 0 rings (SSSR count). The number of halogens is 5. The van der Waals surface area contributed by atoms with Gasteiger partial charge in [0.15, 0.2) is 0 Å². The quantitative estimate of drug-likeness (QED) is 0.282. The van der Waals surface area contributed by atoms with Gasteiger partial charge in [-0.3, -0.25) is 0 Å². The van der Waals surface area contributed by atoms with Crippen LogP contribution in [0.25, 0.3) is 0 Å². The van der Waals surface area contributed by atoms with Crippen molar-refractivity contribution in [3.8, 4) is 0 Å². The molecule has 0 radical (unpaired) electrons. The highest BCUT2D eigenvalue weighted by atomic mass is 19.4. The summed E-state index contributed by atoms with van der Waals surface area (Å²) in [6.45, 7) is 14.2. The average molecular weight is 386 g/mol. The Morgan fingerprint density at radius 1 is 0.846 bits per heavy atom. The molecule has 0 aliphatic heterocycles. The second-order valence-corrected chi connectivity index (χ2v) is 9.31. The van der Waals surface area contributed by atoms with E-state index < -0.39 is 39.9 Å². The van der Waals surface area contributed by atoms with Crippen molar-refractivity contribution in [2.24, 2.45) is 16.2 Å². The predicted octanol–water partition coefficient (Wildman–Crippen LogP) is 6.55. The lowest BCUT2D eigenvalue weighted by atomic mass is 9.56. The maximum Gasteiger partial charge on any atom is 0.399 e. The van der Waals surface area contributed by atoms with Crippen molar-refractivity contribution < 1.29 is 31.5 Å². The highest BCUT2D eigenvalue weighted by Gasteiger charge is 2.71. The zero-order chi connectivity index (χ0) is 21.6. The molecule has 0 N–H and O–H groups in total. The summed E-state index contributed by atoms with van der Waals surface area (Å²) in [5.74, 6) is -4.75. The van der Waals surface area contributed by atoms with E-state index in [1.54, 1.807) is 13.8 Å². The maximum absolute atomic E-state index is 15.1. The summed E-state index contributed by atoms with van der Waals surface area (Å²) in [5.41, 5.74) is -7.57. The number of carbonyl (C=O) groups excluding carboxylic acids is 1. The van der Waals surface area contributed by atoms with Gasteiger partial charge in [-0.1, -0.05) is 34.3 Å². The molecular formula is C19H31F5O2. The van der Waals surface area contributed by atoms with Crippen molar-refractivity contribution in [3.05, 3.63) is 12.2 Å². The first kappa shape index (κ1) is 24.9. The average Bonchev–Trinajstić information content (AvgIpc) is 2.34. The normalized spacial score (nSPS) is 15.0. The number of rotatable bonds is 7. The lowest BCUT2D eigenvalue weighted by Gasteiger charge is -2.53. The van der Waals surface area contributed by atoms with Gasteiger partial charge in [-0.05, 0) is 46.5 Å². The summed E-state index contributed by atoms with van der Waals surface area (Å²) in [6, 6.07) is 0. The number of alkyl halides is 5. The molecule has 0 amide bonds. The van der Waals surface area contributed by atoms with Crippen LogP contribution in [0.1, 0.15) is 68.7 Å². The summed E-state index contributed by atoms with van der Waals surface area (Å²) in [7, 11) is 0. The van der Waals surface area contributed by atoms with Gasteiger partial charge in [0.1, 0.15) is 11.0 Å².